The van der Waals surface area contributed by atoms with Crippen LogP contribution in [-0.4, -0.2) is 41.1 Å². The number of ether oxygens (including phenoxy) is 1. The van der Waals surface area contributed by atoms with Crippen LogP contribution in [-0.2, 0) is 4.79 Å². The zero-order valence-electron chi connectivity index (χ0n) is 20.8. The molecule has 1 aromatic rings. The Balaban J connectivity index is 1.21. The minimum absolute atomic E-state index is 0.00669. The fraction of sp³-hybridized carbons (Fsp3) is 0.724. The average Bonchev–Trinajstić information content (AvgIpc) is 3.58. The first-order chi connectivity index (χ1) is 16.9. The van der Waals surface area contributed by atoms with Crippen molar-refractivity contribution >= 4 is 11.9 Å². The van der Waals surface area contributed by atoms with E-state index in [-0.39, 0.29) is 11.5 Å². The van der Waals surface area contributed by atoms with E-state index in [9.17, 15) is 14.7 Å². The van der Waals surface area contributed by atoms with E-state index in [2.05, 4.69) is 0 Å². The zero-order chi connectivity index (χ0) is 24.3. The lowest BCUT2D eigenvalue weighted by molar-refractivity contribution is -0.142. The highest BCUT2D eigenvalue weighted by Gasteiger charge is 2.46. The first kappa shape index (κ1) is 23.3. The third kappa shape index (κ3) is 4.25. The van der Waals surface area contributed by atoms with Gasteiger partial charge in [-0.25, -0.2) is 9.18 Å². The van der Waals surface area contributed by atoms with Crippen molar-refractivity contribution in [2.45, 2.75) is 83.1 Å². The van der Waals surface area contributed by atoms with Crippen molar-refractivity contribution in [3.63, 3.8) is 0 Å². The van der Waals surface area contributed by atoms with E-state index in [1.54, 1.807) is 6.07 Å². The van der Waals surface area contributed by atoms with E-state index < -0.39 is 23.7 Å². The molecule has 3 bridgehead atoms. The van der Waals surface area contributed by atoms with Crippen molar-refractivity contribution in [2.24, 2.45) is 35.5 Å². The number of likely N-dealkylation sites (tertiary alicyclic amines) is 1. The molecule has 5 unspecified atom stereocenters. The highest BCUT2D eigenvalue weighted by atomic mass is 19.1. The summed E-state index contributed by atoms with van der Waals surface area (Å²) in [5.74, 6) is 2.62. The van der Waals surface area contributed by atoms with Gasteiger partial charge in [-0.2, -0.15) is 0 Å². The molecule has 1 aromatic carbocycles. The number of carbonyl (C=O) groups excluding carboxylic acids is 1. The summed E-state index contributed by atoms with van der Waals surface area (Å²) in [7, 11) is 0. The molecule has 0 aromatic heterocycles. The van der Waals surface area contributed by atoms with E-state index in [4.69, 9.17) is 4.74 Å². The fourth-order valence-corrected chi connectivity index (χ4v) is 8.25. The number of nitrogens with zero attached hydrogens (tertiary/aromatic N) is 1. The molecule has 6 rings (SSSR count). The Hall–Kier alpha value is -2.11. The molecule has 4 aliphatic carbocycles. The fourth-order valence-electron chi connectivity index (χ4n) is 8.25. The molecule has 1 saturated heterocycles. The average molecular weight is 484 g/mol. The topological polar surface area (TPSA) is 66.8 Å². The molecule has 5 aliphatic rings. The van der Waals surface area contributed by atoms with Crippen LogP contribution in [0.15, 0.2) is 12.1 Å². The molecular weight excluding hydrogens is 445 g/mol. The molecule has 35 heavy (non-hydrogen) atoms. The van der Waals surface area contributed by atoms with Gasteiger partial charge in [0.2, 0.25) is 0 Å². The second kappa shape index (κ2) is 9.08. The third-order valence-electron chi connectivity index (χ3n) is 10.1. The second-order valence-corrected chi connectivity index (χ2v) is 12.1. The summed E-state index contributed by atoms with van der Waals surface area (Å²) in [6.45, 7) is 2.94. The lowest BCUT2D eigenvalue weighted by Gasteiger charge is -2.52. The quantitative estimate of drug-likeness (QED) is 0.527. The Bertz CT molecular complexity index is 1000. The predicted octanol–water partition coefficient (Wildman–Crippen LogP) is 5.87. The van der Waals surface area contributed by atoms with Crippen molar-refractivity contribution < 1.29 is 23.8 Å². The monoisotopic (exact) mass is 483 g/mol. The van der Waals surface area contributed by atoms with Gasteiger partial charge in [-0.3, -0.25) is 4.79 Å². The van der Waals surface area contributed by atoms with Crippen molar-refractivity contribution in [1.82, 2.24) is 4.90 Å². The van der Waals surface area contributed by atoms with Gasteiger partial charge in [0.25, 0.3) is 5.91 Å². The normalized spacial score (nSPS) is 35.8. The Morgan fingerprint density at radius 3 is 2.57 bits per heavy atom. The summed E-state index contributed by atoms with van der Waals surface area (Å²) in [5.41, 5.74) is 0.917. The maximum Gasteiger partial charge on any atom is 0.326 e. The van der Waals surface area contributed by atoms with Gasteiger partial charge in [0.05, 0.1) is 12.2 Å². The zero-order valence-corrected chi connectivity index (χ0v) is 20.8. The van der Waals surface area contributed by atoms with Gasteiger partial charge >= 0.3 is 5.97 Å². The number of amides is 1. The SMILES string of the molecule is CC[C@@H]1CCN(C(=O)c2cc(C3CC3)c(OCC3CC4CC5CCC3C(C5)C4)cc2F)[C@@H]1C(=O)O. The minimum Gasteiger partial charge on any atom is -0.493 e. The van der Waals surface area contributed by atoms with Gasteiger partial charge in [0.1, 0.15) is 17.6 Å². The molecule has 5 nitrogen and oxygen atoms in total. The number of benzene rings is 1. The predicted molar refractivity (Wildman–Crippen MR) is 130 cm³/mol. The summed E-state index contributed by atoms with van der Waals surface area (Å²) >= 11 is 0. The Labute approximate surface area is 207 Å². The smallest absolute Gasteiger partial charge is 0.326 e. The number of halogens is 1. The van der Waals surface area contributed by atoms with Crippen LogP contribution in [0.3, 0.4) is 0 Å². The van der Waals surface area contributed by atoms with E-state index in [0.717, 1.165) is 42.1 Å². The van der Waals surface area contributed by atoms with Crippen LogP contribution in [0.2, 0.25) is 0 Å². The van der Waals surface area contributed by atoms with E-state index in [1.165, 1.54) is 49.5 Å². The van der Waals surface area contributed by atoms with E-state index >= 15 is 4.39 Å². The van der Waals surface area contributed by atoms with Crippen molar-refractivity contribution in [2.75, 3.05) is 13.2 Å². The molecule has 1 aliphatic heterocycles. The van der Waals surface area contributed by atoms with Crippen LogP contribution < -0.4 is 4.74 Å². The third-order valence-corrected chi connectivity index (χ3v) is 10.1. The molecule has 190 valence electrons. The molecular formula is C29H38FNO4. The maximum absolute atomic E-state index is 15.4. The Morgan fingerprint density at radius 1 is 1.03 bits per heavy atom. The number of hydrogen-bond donors (Lipinski definition) is 1. The van der Waals surface area contributed by atoms with Gasteiger partial charge in [0, 0.05) is 12.6 Å². The number of rotatable bonds is 7. The van der Waals surface area contributed by atoms with Crippen LogP contribution in [0.5, 0.6) is 5.75 Å². The molecule has 1 N–H and O–H groups in total. The molecule has 1 heterocycles. The Kier molecular flexibility index (Phi) is 6.04. The van der Waals surface area contributed by atoms with Crippen LogP contribution in [0, 0.1) is 41.3 Å². The number of carboxylic acid groups (broad SMARTS) is 1. The lowest BCUT2D eigenvalue weighted by atomic mass is 9.54. The number of hydrogen-bond acceptors (Lipinski definition) is 3. The van der Waals surface area contributed by atoms with Crippen LogP contribution >= 0.6 is 0 Å². The van der Waals surface area contributed by atoms with Gasteiger partial charge < -0.3 is 14.7 Å². The van der Waals surface area contributed by atoms with Crippen molar-refractivity contribution in [1.29, 1.82) is 0 Å². The number of carbonyl (C=O) groups is 2. The molecule has 0 spiro atoms. The number of aliphatic carboxylic acids is 1. The molecule has 5 fully saturated rings. The van der Waals surface area contributed by atoms with Crippen molar-refractivity contribution in [3.05, 3.63) is 29.1 Å². The van der Waals surface area contributed by atoms with E-state index in [0.29, 0.717) is 43.6 Å². The van der Waals surface area contributed by atoms with Gasteiger partial charge in [-0.05, 0) is 104 Å². The van der Waals surface area contributed by atoms with Gasteiger partial charge in [-0.1, -0.05) is 19.8 Å². The highest BCUT2D eigenvalue weighted by Crippen LogP contribution is 2.55. The second-order valence-electron chi connectivity index (χ2n) is 12.1. The van der Waals surface area contributed by atoms with Crippen LogP contribution in [0.25, 0.3) is 0 Å². The van der Waals surface area contributed by atoms with Crippen LogP contribution in [0.1, 0.15) is 93.0 Å². The number of carboxylic acids is 1. The molecule has 4 saturated carbocycles. The maximum atomic E-state index is 15.4. The summed E-state index contributed by atoms with van der Waals surface area (Å²) in [5, 5.41) is 9.74. The first-order valence-corrected chi connectivity index (χ1v) is 13.9. The first-order valence-electron chi connectivity index (χ1n) is 13.9. The standard InChI is InChI=1S/C29H38FNO4/c1-2-18-7-8-31(27(18)29(33)34)28(32)24-13-23(19-4-5-19)26(14-25(24)30)35-15-21-12-17-9-16-3-6-22(21)20(10-16)11-17/h13-14,16-22,27H,2-12,15H2,1H3,(H,33,34)/t16?,17?,18-,20?,21?,22?,27+/m1/s1. The summed E-state index contributed by atoms with van der Waals surface area (Å²) < 4.78 is 21.7. The van der Waals surface area contributed by atoms with Gasteiger partial charge in [0.15, 0.2) is 0 Å². The molecule has 0 radical (unpaired) electrons. The molecule has 1 amide bonds. The Morgan fingerprint density at radius 2 is 1.83 bits per heavy atom. The minimum atomic E-state index is -1.00. The highest BCUT2D eigenvalue weighted by molar-refractivity contribution is 5.97. The van der Waals surface area contributed by atoms with Crippen LogP contribution in [0.4, 0.5) is 4.39 Å². The summed E-state index contributed by atoms with van der Waals surface area (Å²) in [6, 6.07) is 2.20. The molecule has 7 atom stereocenters. The van der Waals surface area contributed by atoms with Crippen molar-refractivity contribution in [3.8, 4) is 5.75 Å². The van der Waals surface area contributed by atoms with Gasteiger partial charge in [-0.15, -0.1) is 0 Å². The number of fused-ring (bicyclic) bond motifs is 2. The summed E-state index contributed by atoms with van der Waals surface area (Å²) in [4.78, 5) is 26.6. The summed E-state index contributed by atoms with van der Waals surface area (Å²) in [6.07, 6.45) is 11.4. The van der Waals surface area contributed by atoms with E-state index in [1.807, 2.05) is 6.92 Å². The molecule has 6 heteroatoms. The largest absolute Gasteiger partial charge is 0.493 e. The lowest BCUT2D eigenvalue weighted by Crippen LogP contribution is -2.44.